The zero-order valence-electron chi connectivity index (χ0n) is 8.28. The fraction of sp³-hybridized carbons (Fsp3) is 1.00. The van der Waals surface area contributed by atoms with Crippen LogP contribution in [0.25, 0.3) is 0 Å². The van der Waals surface area contributed by atoms with E-state index in [1.807, 2.05) is 0 Å². The van der Waals surface area contributed by atoms with E-state index in [2.05, 4.69) is 4.90 Å². The van der Waals surface area contributed by atoms with Crippen molar-refractivity contribution in [3.63, 3.8) is 0 Å². The molecule has 2 unspecified atom stereocenters. The second-order valence-electron chi connectivity index (χ2n) is 5.25. The molecule has 0 aromatic carbocycles. The summed E-state index contributed by atoms with van der Waals surface area (Å²) in [4.78, 5) is 2.70. The highest BCUT2D eigenvalue weighted by Gasteiger charge is 2.47. The van der Waals surface area contributed by atoms with Gasteiger partial charge in [-0.3, -0.25) is 0 Å². The molecule has 1 heterocycles. The first-order valence-corrected chi connectivity index (χ1v) is 5.82. The molecule has 2 heteroatoms. The van der Waals surface area contributed by atoms with Gasteiger partial charge >= 0.3 is 0 Å². The Balaban J connectivity index is 1.54. The topological polar surface area (TPSA) is 29.3 Å². The molecular formula is C11H20N2. The van der Waals surface area contributed by atoms with E-state index in [1.54, 1.807) is 6.42 Å². The predicted molar refractivity (Wildman–Crippen MR) is 53.4 cm³/mol. The van der Waals surface area contributed by atoms with Crippen LogP contribution in [0, 0.1) is 11.8 Å². The van der Waals surface area contributed by atoms with Crippen molar-refractivity contribution in [1.29, 1.82) is 0 Å². The Hall–Kier alpha value is -0.0800. The van der Waals surface area contributed by atoms with E-state index in [1.165, 1.54) is 38.8 Å². The number of likely N-dealkylation sites (tertiary alicyclic amines) is 1. The fourth-order valence-electron chi connectivity index (χ4n) is 3.27. The van der Waals surface area contributed by atoms with Crippen molar-refractivity contribution >= 4 is 0 Å². The first-order valence-electron chi connectivity index (χ1n) is 5.82. The quantitative estimate of drug-likeness (QED) is 0.657. The molecule has 0 spiro atoms. The number of nitrogens with two attached hydrogens (primary N) is 1. The summed E-state index contributed by atoms with van der Waals surface area (Å²) < 4.78 is 0. The Kier molecular flexibility index (Phi) is 1.88. The fourth-order valence-corrected chi connectivity index (χ4v) is 3.27. The van der Waals surface area contributed by atoms with E-state index >= 15 is 0 Å². The first-order chi connectivity index (χ1) is 6.33. The summed E-state index contributed by atoms with van der Waals surface area (Å²) in [6.07, 6.45) is 7.00. The minimum Gasteiger partial charge on any atom is -0.328 e. The van der Waals surface area contributed by atoms with Gasteiger partial charge in [-0.2, -0.15) is 0 Å². The van der Waals surface area contributed by atoms with Crippen molar-refractivity contribution in [2.24, 2.45) is 17.6 Å². The summed E-state index contributed by atoms with van der Waals surface area (Å²) in [6.45, 7) is 2.54. The van der Waals surface area contributed by atoms with Gasteiger partial charge in [-0.1, -0.05) is 0 Å². The van der Waals surface area contributed by atoms with Gasteiger partial charge in [0.05, 0.1) is 0 Å². The van der Waals surface area contributed by atoms with Crippen molar-refractivity contribution < 1.29 is 0 Å². The second-order valence-corrected chi connectivity index (χ2v) is 5.25. The lowest BCUT2D eigenvalue weighted by atomic mass is 10.0. The van der Waals surface area contributed by atoms with Gasteiger partial charge in [0.1, 0.15) is 0 Å². The van der Waals surface area contributed by atoms with Gasteiger partial charge in [0.15, 0.2) is 0 Å². The number of hydrogen-bond acceptors (Lipinski definition) is 2. The molecule has 1 saturated heterocycles. The minimum atomic E-state index is 0.493. The van der Waals surface area contributed by atoms with Gasteiger partial charge in [0, 0.05) is 12.1 Å². The zero-order valence-corrected chi connectivity index (χ0v) is 8.28. The molecule has 74 valence electrons. The molecule has 2 atom stereocenters. The van der Waals surface area contributed by atoms with E-state index < -0.39 is 0 Å². The highest BCUT2D eigenvalue weighted by atomic mass is 15.2. The van der Waals surface area contributed by atoms with Crippen molar-refractivity contribution in [3.05, 3.63) is 0 Å². The third kappa shape index (κ3) is 1.50. The number of piperidine rings is 1. The monoisotopic (exact) mass is 180 g/mol. The van der Waals surface area contributed by atoms with Crippen LogP contribution in [0.4, 0.5) is 0 Å². The van der Waals surface area contributed by atoms with Crippen LogP contribution in [0.3, 0.4) is 0 Å². The van der Waals surface area contributed by atoms with E-state index in [0.29, 0.717) is 6.04 Å². The molecule has 0 radical (unpaired) electrons. The van der Waals surface area contributed by atoms with Crippen LogP contribution in [-0.4, -0.2) is 30.1 Å². The lowest BCUT2D eigenvalue weighted by molar-refractivity contribution is 0.146. The molecule has 0 aromatic heterocycles. The Labute approximate surface area is 80.5 Å². The highest BCUT2D eigenvalue weighted by Crippen LogP contribution is 2.53. The third-order valence-electron chi connectivity index (χ3n) is 4.31. The predicted octanol–water partition coefficient (Wildman–Crippen LogP) is 1.21. The molecule has 2 saturated carbocycles. The smallest absolute Gasteiger partial charge is 0.0101 e. The van der Waals surface area contributed by atoms with Crippen molar-refractivity contribution in [3.8, 4) is 0 Å². The summed E-state index contributed by atoms with van der Waals surface area (Å²) in [6, 6.07) is 1.43. The molecule has 13 heavy (non-hydrogen) atoms. The van der Waals surface area contributed by atoms with Crippen LogP contribution in [0.2, 0.25) is 0 Å². The Morgan fingerprint density at radius 1 is 0.923 bits per heavy atom. The van der Waals surface area contributed by atoms with Crippen molar-refractivity contribution in [2.45, 2.75) is 44.2 Å². The minimum absolute atomic E-state index is 0.493. The molecule has 3 rings (SSSR count). The number of rotatable bonds is 1. The van der Waals surface area contributed by atoms with Gasteiger partial charge in [-0.25, -0.2) is 0 Å². The highest BCUT2D eigenvalue weighted by molar-refractivity contribution is 5.00. The molecule has 0 aromatic rings. The number of fused-ring (bicyclic) bond motifs is 1. The van der Waals surface area contributed by atoms with E-state index in [9.17, 15) is 0 Å². The van der Waals surface area contributed by atoms with Crippen LogP contribution in [0.15, 0.2) is 0 Å². The van der Waals surface area contributed by atoms with Gasteiger partial charge in [-0.15, -0.1) is 0 Å². The van der Waals surface area contributed by atoms with Crippen molar-refractivity contribution in [2.75, 3.05) is 13.1 Å². The summed E-state index contributed by atoms with van der Waals surface area (Å²) >= 11 is 0. The lowest BCUT2D eigenvalue weighted by Gasteiger charge is -2.35. The molecule has 1 aliphatic heterocycles. The van der Waals surface area contributed by atoms with Crippen molar-refractivity contribution in [1.82, 2.24) is 4.90 Å². The van der Waals surface area contributed by atoms with Crippen LogP contribution in [-0.2, 0) is 0 Å². The largest absolute Gasteiger partial charge is 0.328 e. The lowest BCUT2D eigenvalue weighted by Crippen LogP contribution is -2.44. The van der Waals surface area contributed by atoms with E-state index in [0.717, 1.165) is 17.9 Å². The zero-order chi connectivity index (χ0) is 8.84. The molecular weight excluding hydrogens is 160 g/mol. The Bertz CT molecular complexity index is 186. The first kappa shape index (κ1) is 8.25. The molecule has 0 amide bonds. The third-order valence-corrected chi connectivity index (χ3v) is 4.31. The second kappa shape index (κ2) is 2.96. The molecule has 3 aliphatic rings. The maximum atomic E-state index is 5.91. The molecule has 0 bridgehead atoms. The van der Waals surface area contributed by atoms with Gasteiger partial charge < -0.3 is 10.6 Å². The van der Waals surface area contributed by atoms with Crippen LogP contribution in [0.5, 0.6) is 0 Å². The summed E-state index contributed by atoms with van der Waals surface area (Å²) in [5.41, 5.74) is 5.91. The Morgan fingerprint density at radius 3 is 2.15 bits per heavy atom. The molecule has 2 nitrogen and oxygen atoms in total. The normalized spacial score (nSPS) is 46.4. The standard InChI is InChI=1S/C11H20N2/c12-10-1-3-13(4-2-10)11-6-8-5-9(8)7-11/h8-11H,1-7,12H2. The number of nitrogens with zero attached hydrogens (tertiary/aromatic N) is 1. The van der Waals surface area contributed by atoms with E-state index in [-0.39, 0.29) is 0 Å². The average molecular weight is 180 g/mol. The summed E-state index contributed by atoms with van der Waals surface area (Å²) in [5.74, 6) is 2.25. The van der Waals surface area contributed by atoms with Gasteiger partial charge in [0.2, 0.25) is 0 Å². The average Bonchev–Trinajstić information content (AvgIpc) is 2.75. The molecule has 2 N–H and O–H groups in total. The van der Waals surface area contributed by atoms with Crippen LogP contribution < -0.4 is 5.73 Å². The summed E-state index contributed by atoms with van der Waals surface area (Å²) in [5, 5.41) is 0. The Morgan fingerprint density at radius 2 is 1.54 bits per heavy atom. The van der Waals surface area contributed by atoms with Gasteiger partial charge in [0.25, 0.3) is 0 Å². The van der Waals surface area contributed by atoms with Crippen LogP contribution >= 0.6 is 0 Å². The molecule has 2 aliphatic carbocycles. The SMILES string of the molecule is NC1CCN(C2CC3CC3C2)CC1. The maximum Gasteiger partial charge on any atom is 0.0101 e. The van der Waals surface area contributed by atoms with Crippen LogP contribution in [0.1, 0.15) is 32.1 Å². The summed E-state index contributed by atoms with van der Waals surface area (Å²) in [7, 11) is 0. The number of hydrogen-bond donors (Lipinski definition) is 1. The van der Waals surface area contributed by atoms with Gasteiger partial charge in [-0.05, 0) is 57.0 Å². The van der Waals surface area contributed by atoms with E-state index in [4.69, 9.17) is 5.73 Å². The maximum absolute atomic E-state index is 5.91. The molecule has 3 fully saturated rings.